The number of aromatic hydroxyl groups is 1. The average molecular weight is 438 g/mol. The van der Waals surface area contributed by atoms with Crippen molar-refractivity contribution in [3.8, 4) is 11.5 Å². The van der Waals surface area contributed by atoms with Crippen molar-refractivity contribution in [2.24, 2.45) is 5.73 Å². The fourth-order valence-corrected chi connectivity index (χ4v) is 4.22. The fraction of sp³-hybridized carbons (Fsp3) is 0.261. The summed E-state index contributed by atoms with van der Waals surface area (Å²) in [6, 6.07) is 8.46. The number of carbonyl (C=O) groups is 2. The van der Waals surface area contributed by atoms with Crippen LogP contribution in [0.1, 0.15) is 38.8 Å². The highest BCUT2D eigenvalue weighted by molar-refractivity contribution is 6.33. The average Bonchev–Trinajstić information content (AvgIpc) is 2.80. The van der Waals surface area contributed by atoms with Crippen molar-refractivity contribution in [2.45, 2.75) is 37.6 Å². The second-order valence-corrected chi connectivity index (χ2v) is 7.87. The lowest BCUT2D eigenvalue weighted by Crippen LogP contribution is -2.60. The van der Waals surface area contributed by atoms with E-state index < -0.39 is 48.0 Å². The van der Waals surface area contributed by atoms with Crippen molar-refractivity contribution < 1.29 is 33.7 Å². The maximum Gasteiger partial charge on any atom is 0.234 e. The Morgan fingerprint density at radius 1 is 1.09 bits per heavy atom. The van der Waals surface area contributed by atoms with Crippen LogP contribution in [0.15, 0.2) is 42.6 Å². The molecule has 1 aliphatic carbocycles. The molecule has 0 saturated carbocycles. The van der Waals surface area contributed by atoms with Crippen LogP contribution in [0.4, 0.5) is 4.39 Å². The summed E-state index contributed by atoms with van der Waals surface area (Å²) in [7, 11) is 0. The van der Waals surface area contributed by atoms with Crippen LogP contribution in [0.25, 0.3) is 10.9 Å². The maximum atomic E-state index is 14.8. The zero-order chi connectivity index (χ0) is 22.7. The van der Waals surface area contributed by atoms with Crippen LogP contribution >= 0.6 is 0 Å². The van der Waals surface area contributed by atoms with E-state index in [1.165, 1.54) is 18.3 Å². The molecule has 2 aliphatic rings. The minimum Gasteiger partial charge on any atom is -0.504 e. The molecule has 8 nitrogen and oxygen atoms in total. The Balaban J connectivity index is 1.70. The molecule has 2 heterocycles. The Kier molecular flexibility index (Phi) is 4.70. The standard InChI is InChI=1S/C23H19FN2O6/c1-9-16(25)21(30)15(24)23(31-9)32-22-17-12(7-4-8-26-17)13-14(20(22)29)19(28)11-6-3-2-5-10(11)18(13)27/h2-9,15-16,21,23,29-30H,25H2,1H3/t9-,15+,16-,21-,23-/m0/s1. The van der Waals surface area contributed by atoms with E-state index in [0.717, 1.165) is 0 Å². The number of pyridine rings is 1. The first-order valence-electron chi connectivity index (χ1n) is 10.0. The Labute approximate surface area is 181 Å². The topological polar surface area (TPSA) is 132 Å². The van der Waals surface area contributed by atoms with E-state index in [0.29, 0.717) is 0 Å². The fourth-order valence-electron chi connectivity index (χ4n) is 4.22. The first kappa shape index (κ1) is 20.5. The van der Waals surface area contributed by atoms with E-state index in [1.807, 2.05) is 0 Å². The van der Waals surface area contributed by atoms with Crippen molar-refractivity contribution in [1.82, 2.24) is 4.98 Å². The van der Waals surface area contributed by atoms with Gasteiger partial charge in [-0.15, -0.1) is 0 Å². The molecule has 5 atom stereocenters. The molecule has 1 aliphatic heterocycles. The molecule has 9 heteroatoms. The molecule has 32 heavy (non-hydrogen) atoms. The Morgan fingerprint density at radius 2 is 1.75 bits per heavy atom. The molecule has 1 fully saturated rings. The Bertz CT molecular complexity index is 1280. The van der Waals surface area contributed by atoms with Gasteiger partial charge in [-0.05, 0) is 13.0 Å². The molecular weight excluding hydrogens is 419 g/mol. The normalized spacial score (nSPS) is 27.2. The number of halogens is 1. The van der Waals surface area contributed by atoms with Gasteiger partial charge in [0, 0.05) is 28.3 Å². The van der Waals surface area contributed by atoms with Crippen LogP contribution in [-0.2, 0) is 4.74 Å². The molecule has 0 radical (unpaired) electrons. The molecule has 0 spiro atoms. The van der Waals surface area contributed by atoms with Gasteiger partial charge in [0.2, 0.25) is 6.29 Å². The second kappa shape index (κ2) is 7.33. The molecule has 0 unspecified atom stereocenters. The third-order valence-electron chi connectivity index (χ3n) is 5.97. The number of aliphatic hydroxyl groups is 1. The van der Waals surface area contributed by atoms with Crippen LogP contribution in [0.3, 0.4) is 0 Å². The summed E-state index contributed by atoms with van der Waals surface area (Å²) in [4.78, 5) is 30.7. The lowest BCUT2D eigenvalue weighted by atomic mass is 9.81. The molecule has 4 N–H and O–H groups in total. The number of fused-ring (bicyclic) bond motifs is 4. The van der Waals surface area contributed by atoms with Crippen LogP contribution in [0.5, 0.6) is 11.5 Å². The number of phenolic OH excluding ortho intramolecular Hbond substituents is 1. The number of alkyl halides is 1. The van der Waals surface area contributed by atoms with Gasteiger partial charge >= 0.3 is 0 Å². The molecule has 3 aromatic rings. The molecule has 0 bridgehead atoms. The smallest absolute Gasteiger partial charge is 0.234 e. The van der Waals surface area contributed by atoms with Gasteiger partial charge in [0.05, 0.1) is 17.7 Å². The predicted octanol–water partition coefficient (Wildman–Crippen LogP) is 1.87. The largest absolute Gasteiger partial charge is 0.504 e. The first-order valence-corrected chi connectivity index (χ1v) is 10.0. The summed E-state index contributed by atoms with van der Waals surface area (Å²) in [5, 5.41) is 21.4. The van der Waals surface area contributed by atoms with E-state index in [9.17, 15) is 24.2 Å². The molecule has 2 aromatic carbocycles. The number of ketones is 2. The van der Waals surface area contributed by atoms with Crippen LogP contribution in [-0.4, -0.2) is 57.5 Å². The molecule has 164 valence electrons. The predicted molar refractivity (Wildman–Crippen MR) is 111 cm³/mol. The number of carbonyl (C=O) groups excluding carboxylic acids is 2. The number of nitrogens with zero attached hydrogens (tertiary/aromatic N) is 1. The van der Waals surface area contributed by atoms with E-state index >= 15 is 0 Å². The number of phenols is 1. The maximum absolute atomic E-state index is 14.8. The molecule has 1 saturated heterocycles. The third kappa shape index (κ3) is 2.82. The van der Waals surface area contributed by atoms with Crippen LogP contribution in [0, 0.1) is 0 Å². The summed E-state index contributed by atoms with van der Waals surface area (Å²) in [6.45, 7) is 1.55. The highest BCUT2D eigenvalue weighted by Crippen LogP contribution is 2.45. The number of aliphatic hydroxyl groups excluding tert-OH is 1. The van der Waals surface area contributed by atoms with Crippen molar-refractivity contribution in [2.75, 3.05) is 0 Å². The highest BCUT2D eigenvalue weighted by Gasteiger charge is 2.45. The van der Waals surface area contributed by atoms with E-state index in [1.54, 1.807) is 31.2 Å². The van der Waals surface area contributed by atoms with Gasteiger partial charge in [-0.2, -0.15) is 0 Å². The molecule has 0 amide bonds. The number of ether oxygens (including phenoxy) is 2. The third-order valence-corrected chi connectivity index (χ3v) is 5.97. The van der Waals surface area contributed by atoms with Gasteiger partial charge in [-0.25, -0.2) is 4.39 Å². The zero-order valence-electron chi connectivity index (χ0n) is 16.9. The van der Waals surface area contributed by atoms with Crippen molar-refractivity contribution in [1.29, 1.82) is 0 Å². The van der Waals surface area contributed by atoms with Crippen LogP contribution < -0.4 is 10.5 Å². The van der Waals surface area contributed by atoms with Gasteiger partial charge < -0.3 is 25.4 Å². The number of aromatic nitrogens is 1. The van der Waals surface area contributed by atoms with E-state index in [2.05, 4.69) is 4.98 Å². The van der Waals surface area contributed by atoms with E-state index in [-0.39, 0.29) is 38.9 Å². The number of hydrogen-bond acceptors (Lipinski definition) is 8. The van der Waals surface area contributed by atoms with Crippen LogP contribution in [0.2, 0.25) is 0 Å². The SMILES string of the molecule is C[C@@H]1O[C@@H](Oc2c(O)c3c(c4cccnc24)C(=O)c2ccccc2C3=O)[C@H](F)[C@H](O)[C@H]1N. The van der Waals surface area contributed by atoms with Gasteiger partial charge in [-0.1, -0.05) is 30.3 Å². The lowest BCUT2D eigenvalue weighted by molar-refractivity contribution is -0.218. The number of benzene rings is 2. The van der Waals surface area contributed by atoms with E-state index in [4.69, 9.17) is 15.2 Å². The quantitative estimate of drug-likeness (QED) is 0.432. The first-order chi connectivity index (χ1) is 15.3. The van der Waals surface area contributed by atoms with Crippen molar-refractivity contribution in [3.63, 3.8) is 0 Å². The number of rotatable bonds is 2. The van der Waals surface area contributed by atoms with Gasteiger partial charge in [0.15, 0.2) is 29.2 Å². The Morgan fingerprint density at radius 3 is 2.44 bits per heavy atom. The summed E-state index contributed by atoms with van der Waals surface area (Å²) in [6.07, 6.45) is -4.52. The minimum absolute atomic E-state index is 0.00145. The second-order valence-electron chi connectivity index (χ2n) is 7.87. The molecule has 5 rings (SSSR count). The zero-order valence-corrected chi connectivity index (χ0v) is 16.9. The van der Waals surface area contributed by atoms with Gasteiger partial charge in [-0.3, -0.25) is 14.6 Å². The Hall–Kier alpha value is -3.40. The van der Waals surface area contributed by atoms with Crippen molar-refractivity contribution in [3.05, 3.63) is 64.8 Å². The summed E-state index contributed by atoms with van der Waals surface area (Å²) in [5.41, 5.74) is 5.90. The summed E-state index contributed by atoms with van der Waals surface area (Å²) in [5.74, 6) is -1.98. The summed E-state index contributed by atoms with van der Waals surface area (Å²) >= 11 is 0. The van der Waals surface area contributed by atoms with Crippen molar-refractivity contribution >= 4 is 22.5 Å². The monoisotopic (exact) mass is 438 g/mol. The minimum atomic E-state index is -2.02. The highest BCUT2D eigenvalue weighted by atomic mass is 19.1. The van der Waals surface area contributed by atoms with Gasteiger partial charge in [0.25, 0.3) is 0 Å². The van der Waals surface area contributed by atoms with Gasteiger partial charge in [0.1, 0.15) is 11.6 Å². The summed E-state index contributed by atoms with van der Waals surface area (Å²) < 4.78 is 25.9. The molecular formula is C23H19FN2O6. The number of hydrogen-bond donors (Lipinski definition) is 3. The lowest BCUT2D eigenvalue weighted by Gasteiger charge is -2.38. The molecule has 1 aromatic heterocycles. The number of nitrogens with two attached hydrogens (primary N) is 1.